The molecule has 1 spiro atoms. The van der Waals surface area contributed by atoms with Crippen LogP contribution in [-0.2, 0) is 28.7 Å². The van der Waals surface area contributed by atoms with E-state index in [1.807, 2.05) is 26.0 Å². The van der Waals surface area contributed by atoms with Crippen molar-refractivity contribution in [2.75, 3.05) is 47.1 Å². The number of carbonyl (C=O) groups excluding carboxylic acids is 2. The zero-order valence-electron chi connectivity index (χ0n) is 19.7. The third-order valence-corrected chi connectivity index (χ3v) is 6.51. The van der Waals surface area contributed by atoms with E-state index in [0.29, 0.717) is 38.1 Å². The Bertz CT molecular complexity index is 902. The van der Waals surface area contributed by atoms with E-state index in [-0.39, 0.29) is 30.5 Å². The second-order valence-electron chi connectivity index (χ2n) is 8.00. The summed E-state index contributed by atoms with van der Waals surface area (Å²) in [6.07, 6.45) is 0.0340. The van der Waals surface area contributed by atoms with Crippen LogP contribution in [0.15, 0.2) is 22.4 Å². The van der Waals surface area contributed by atoms with Crippen molar-refractivity contribution in [2.45, 2.75) is 39.2 Å². The Hall–Kier alpha value is -1.98. The number of rotatable bonds is 8. The van der Waals surface area contributed by atoms with E-state index in [1.54, 1.807) is 26.2 Å². The molecule has 0 saturated carbocycles. The van der Waals surface area contributed by atoms with Gasteiger partial charge >= 0.3 is 6.16 Å². The standard InChI is InChI=1S/C23H31BrN2O7/c1-6-31-22(28)33-20-19(18-16(3)13-15(2)14-17(18)24)21(27)26(32-12-11-29-4)23(20)7-9-25(30-5)10-8-23/h13-14H,6-12H2,1-5H3. The van der Waals surface area contributed by atoms with Crippen molar-refractivity contribution in [3.05, 3.63) is 39.1 Å². The van der Waals surface area contributed by atoms with Crippen molar-refractivity contribution in [3.8, 4) is 0 Å². The summed E-state index contributed by atoms with van der Waals surface area (Å²) in [5.74, 6) is -0.129. The number of amides is 1. The van der Waals surface area contributed by atoms with Gasteiger partial charge in [-0.1, -0.05) is 22.0 Å². The summed E-state index contributed by atoms with van der Waals surface area (Å²) in [7, 11) is 3.17. The topological polar surface area (TPSA) is 86.8 Å². The van der Waals surface area contributed by atoms with Crippen LogP contribution in [0.25, 0.3) is 5.57 Å². The molecule has 3 rings (SSSR count). The number of carbonyl (C=O) groups is 2. The highest BCUT2D eigenvalue weighted by Crippen LogP contribution is 2.49. The summed E-state index contributed by atoms with van der Waals surface area (Å²) < 4.78 is 16.7. The van der Waals surface area contributed by atoms with Crippen molar-refractivity contribution < 1.29 is 33.5 Å². The van der Waals surface area contributed by atoms with E-state index >= 15 is 0 Å². The summed E-state index contributed by atoms with van der Waals surface area (Å²) in [5.41, 5.74) is 1.88. The molecule has 1 aromatic carbocycles. The van der Waals surface area contributed by atoms with E-state index in [1.165, 1.54) is 5.06 Å². The smallest absolute Gasteiger partial charge is 0.434 e. The Morgan fingerprint density at radius 3 is 2.42 bits per heavy atom. The lowest BCUT2D eigenvalue weighted by molar-refractivity contribution is -0.235. The molecule has 0 aliphatic carbocycles. The fourth-order valence-electron chi connectivity index (χ4n) is 4.41. The predicted molar refractivity (Wildman–Crippen MR) is 124 cm³/mol. The molecule has 1 amide bonds. The lowest BCUT2D eigenvalue weighted by Crippen LogP contribution is -2.55. The van der Waals surface area contributed by atoms with Crippen LogP contribution in [0.5, 0.6) is 0 Å². The van der Waals surface area contributed by atoms with Gasteiger partial charge in [-0.15, -0.1) is 0 Å². The Balaban J connectivity index is 2.18. The van der Waals surface area contributed by atoms with E-state index < -0.39 is 11.7 Å². The first-order valence-electron chi connectivity index (χ1n) is 10.9. The second kappa shape index (κ2) is 11.0. The third kappa shape index (κ3) is 5.09. The Morgan fingerprint density at radius 2 is 1.85 bits per heavy atom. The van der Waals surface area contributed by atoms with Gasteiger partial charge in [0.2, 0.25) is 0 Å². The minimum absolute atomic E-state index is 0.154. The first-order chi connectivity index (χ1) is 15.8. The van der Waals surface area contributed by atoms with Crippen LogP contribution in [0.2, 0.25) is 0 Å². The monoisotopic (exact) mass is 526 g/mol. The Labute approximate surface area is 202 Å². The minimum Gasteiger partial charge on any atom is -0.434 e. The molecule has 0 unspecified atom stereocenters. The normalized spacial score (nSPS) is 18.4. The summed E-state index contributed by atoms with van der Waals surface area (Å²) in [6, 6.07) is 3.91. The average molecular weight is 527 g/mol. The third-order valence-electron chi connectivity index (χ3n) is 5.88. The number of hydrogen-bond acceptors (Lipinski definition) is 8. The zero-order chi connectivity index (χ0) is 24.2. The average Bonchev–Trinajstić information content (AvgIpc) is 2.97. The second-order valence-corrected chi connectivity index (χ2v) is 8.85. The quantitative estimate of drug-likeness (QED) is 0.373. The number of halogens is 1. The first kappa shape index (κ1) is 25.6. The fourth-order valence-corrected chi connectivity index (χ4v) is 5.28. The summed E-state index contributed by atoms with van der Waals surface area (Å²) in [6.45, 7) is 7.27. The molecule has 182 valence electrons. The maximum Gasteiger partial charge on any atom is 0.513 e. The van der Waals surface area contributed by atoms with Crippen molar-refractivity contribution in [3.63, 3.8) is 0 Å². The lowest BCUT2D eigenvalue weighted by Gasteiger charge is -2.43. The summed E-state index contributed by atoms with van der Waals surface area (Å²) >= 11 is 3.61. The predicted octanol–water partition coefficient (Wildman–Crippen LogP) is 3.77. The van der Waals surface area contributed by atoms with Gasteiger partial charge in [-0.25, -0.2) is 9.86 Å². The van der Waals surface area contributed by atoms with Crippen LogP contribution in [0, 0.1) is 13.8 Å². The fraction of sp³-hybridized carbons (Fsp3) is 0.565. The molecule has 1 aromatic rings. The number of hydroxylamine groups is 4. The summed E-state index contributed by atoms with van der Waals surface area (Å²) in [5, 5.41) is 3.16. The van der Waals surface area contributed by atoms with Gasteiger partial charge in [0.1, 0.15) is 5.54 Å². The largest absolute Gasteiger partial charge is 0.513 e. The number of piperidine rings is 1. The van der Waals surface area contributed by atoms with E-state index in [4.69, 9.17) is 23.9 Å². The maximum atomic E-state index is 13.9. The molecular weight excluding hydrogens is 496 g/mol. The van der Waals surface area contributed by atoms with E-state index in [9.17, 15) is 9.59 Å². The van der Waals surface area contributed by atoms with Crippen molar-refractivity contribution in [1.82, 2.24) is 10.1 Å². The molecule has 0 N–H and O–H groups in total. The zero-order valence-corrected chi connectivity index (χ0v) is 21.3. The SMILES string of the molecule is CCOC(=O)OC1=C(c2c(C)cc(C)cc2Br)C(=O)N(OCCOC)C12CCN(OC)CC2. The minimum atomic E-state index is -0.987. The van der Waals surface area contributed by atoms with Crippen LogP contribution >= 0.6 is 15.9 Å². The number of aryl methyl sites for hydroxylation is 2. The molecule has 2 aliphatic rings. The molecule has 10 heteroatoms. The highest BCUT2D eigenvalue weighted by molar-refractivity contribution is 9.10. The highest BCUT2D eigenvalue weighted by Gasteiger charge is 2.57. The molecule has 0 atom stereocenters. The molecule has 2 heterocycles. The molecule has 0 bridgehead atoms. The first-order valence-corrected chi connectivity index (χ1v) is 11.7. The van der Waals surface area contributed by atoms with Gasteiger partial charge in [0.05, 0.1) is 32.5 Å². The number of ether oxygens (including phenoxy) is 3. The number of hydrogen-bond donors (Lipinski definition) is 0. The molecule has 2 aliphatic heterocycles. The van der Waals surface area contributed by atoms with Crippen LogP contribution < -0.4 is 0 Å². The molecular formula is C23H31BrN2O7. The molecule has 33 heavy (non-hydrogen) atoms. The molecule has 1 saturated heterocycles. The number of nitrogens with zero attached hydrogens (tertiary/aromatic N) is 2. The van der Waals surface area contributed by atoms with Gasteiger partial charge in [-0.05, 0) is 50.8 Å². The van der Waals surface area contributed by atoms with Gasteiger partial charge in [0.15, 0.2) is 5.76 Å². The van der Waals surface area contributed by atoms with Crippen molar-refractivity contribution >= 4 is 33.6 Å². The van der Waals surface area contributed by atoms with Crippen LogP contribution in [0.1, 0.15) is 36.5 Å². The Kier molecular flexibility index (Phi) is 8.52. The molecule has 0 radical (unpaired) electrons. The van der Waals surface area contributed by atoms with Gasteiger partial charge in [-0.3, -0.25) is 9.63 Å². The molecule has 0 aromatic heterocycles. The van der Waals surface area contributed by atoms with E-state index in [2.05, 4.69) is 15.9 Å². The van der Waals surface area contributed by atoms with Gasteiger partial charge < -0.3 is 19.0 Å². The number of benzene rings is 1. The van der Waals surface area contributed by atoms with Gasteiger partial charge in [0, 0.05) is 30.2 Å². The lowest BCUT2D eigenvalue weighted by atomic mass is 9.85. The van der Waals surface area contributed by atoms with Crippen molar-refractivity contribution in [2.24, 2.45) is 0 Å². The molecule has 1 fully saturated rings. The maximum absolute atomic E-state index is 13.9. The summed E-state index contributed by atoms with van der Waals surface area (Å²) in [4.78, 5) is 37.7. The van der Waals surface area contributed by atoms with Crippen LogP contribution in [0.3, 0.4) is 0 Å². The van der Waals surface area contributed by atoms with Crippen LogP contribution in [-0.4, -0.2) is 74.9 Å². The number of methoxy groups -OCH3 is 1. The van der Waals surface area contributed by atoms with E-state index in [0.717, 1.165) is 15.6 Å². The van der Waals surface area contributed by atoms with Gasteiger partial charge in [0.25, 0.3) is 5.91 Å². The Morgan fingerprint density at radius 1 is 1.15 bits per heavy atom. The molecule has 9 nitrogen and oxygen atoms in total. The highest BCUT2D eigenvalue weighted by atomic mass is 79.9. The van der Waals surface area contributed by atoms with Crippen molar-refractivity contribution in [1.29, 1.82) is 0 Å². The van der Waals surface area contributed by atoms with Gasteiger partial charge in [-0.2, -0.15) is 5.06 Å². The van der Waals surface area contributed by atoms with Crippen LogP contribution in [0.4, 0.5) is 4.79 Å².